The molecule has 3 rings (SSSR count). The Morgan fingerprint density at radius 1 is 1.24 bits per heavy atom. The van der Waals surface area contributed by atoms with Crippen LogP contribution in [0.25, 0.3) is 10.9 Å². The molecule has 0 saturated carbocycles. The van der Waals surface area contributed by atoms with Gasteiger partial charge in [-0.2, -0.15) is 0 Å². The van der Waals surface area contributed by atoms with Crippen molar-refractivity contribution in [3.8, 4) is 11.5 Å². The van der Waals surface area contributed by atoms with Crippen molar-refractivity contribution in [1.29, 1.82) is 0 Å². The van der Waals surface area contributed by atoms with Crippen LogP contribution in [0.15, 0.2) is 36.5 Å². The van der Waals surface area contributed by atoms with Crippen molar-refractivity contribution in [2.24, 2.45) is 0 Å². The second-order valence-electron chi connectivity index (χ2n) is 5.63. The Hall–Kier alpha value is -2.24. The summed E-state index contributed by atoms with van der Waals surface area (Å²) in [6.45, 7) is 2.08. The second kappa shape index (κ2) is 6.94. The lowest BCUT2D eigenvalue weighted by molar-refractivity contribution is -0.137. The first kappa shape index (κ1) is 17.6. The largest absolute Gasteiger partial charge is 0.481 e. The Kier molecular flexibility index (Phi) is 4.88. The zero-order valence-corrected chi connectivity index (χ0v) is 14.7. The minimum Gasteiger partial charge on any atom is -0.481 e. The lowest BCUT2D eigenvalue weighted by atomic mass is 10.2. The molecule has 0 atom stereocenters. The van der Waals surface area contributed by atoms with E-state index in [1.54, 1.807) is 22.9 Å². The summed E-state index contributed by atoms with van der Waals surface area (Å²) in [5.74, 6) is -0.768. The molecule has 0 spiro atoms. The Labute approximate surface area is 153 Å². The molecule has 0 fully saturated rings. The van der Waals surface area contributed by atoms with E-state index in [2.05, 4.69) is 0 Å². The summed E-state index contributed by atoms with van der Waals surface area (Å²) in [5, 5.41) is 10.3. The maximum Gasteiger partial charge on any atom is 0.305 e. The van der Waals surface area contributed by atoms with E-state index in [1.165, 1.54) is 18.2 Å². The van der Waals surface area contributed by atoms with Gasteiger partial charge in [0, 0.05) is 29.2 Å². The summed E-state index contributed by atoms with van der Waals surface area (Å²) < 4.78 is 21.6. The monoisotopic (exact) mass is 381 g/mol. The van der Waals surface area contributed by atoms with E-state index in [0.717, 1.165) is 5.56 Å². The van der Waals surface area contributed by atoms with E-state index >= 15 is 0 Å². The molecule has 2 aromatic carbocycles. The molecule has 0 unspecified atom stereocenters. The van der Waals surface area contributed by atoms with Crippen molar-refractivity contribution in [2.75, 3.05) is 0 Å². The van der Waals surface area contributed by atoms with Crippen LogP contribution in [0.5, 0.6) is 11.5 Å². The number of rotatable bonds is 5. The summed E-state index contributed by atoms with van der Waals surface area (Å²) >= 11 is 12.0. The van der Waals surface area contributed by atoms with Gasteiger partial charge >= 0.3 is 5.97 Å². The number of carboxylic acids is 1. The Bertz CT molecular complexity index is 969. The molecule has 3 aromatic rings. The van der Waals surface area contributed by atoms with Crippen LogP contribution in [-0.2, 0) is 11.3 Å². The molecular weight excluding hydrogens is 368 g/mol. The van der Waals surface area contributed by atoms with Gasteiger partial charge in [0.2, 0.25) is 0 Å². The van der Waals surface area contributed by atoms with Crippen LogP contribution >= 0.6 is 23.2 Å². The molecule has 130 valence electrons. The van der Waals surface area contributed by atoms with Crippen molar-refractivity contribution in [2.45, 2.75) is 19.9 Å². The summed E-state index contributed by atoms with van der Waals surface area (Å²) in [6, 6.07) is 7.40. The highest BCUT2D eigenvalue weighted by molar-refractivity contribution is 6.35. The number of hydrogen-bond donors (Lipinski definition) is 1. The van der Waals surface area contributed by atoms with Gasteiger partial charge in [0.25, 0.3) is 0 Å². The molecule has 0 radical (unpaired) electrons. The fourth-order valence-corrected chi connectivity index (χ4v) is 3.13. The summed E-state index contributed by atoms with van der Waals surface area (Å²) in [6.07, 6.45) is 1.73. The minimum absolute atomic E-state index is 0.0538. The lowest BCUT2D eigenvalue weighted by Gasteiger charge is -2.12. The third kappa shape index (κ3) is 3.72. The third-order valence-corrected chi connectivity index (χ3v) is 4.31. The van der Waals surface area contributed by atoms with Gasteiger partial charge in [0.05, 0.1) is 17.0 Å². The zero-order valence-electron chi connectivity index (χ0n) is 13.2. The average Bonchev–Trinajstić information content (AvgIpc) is 2.84. The molecule has 0 aliphatic carbocycles. The topological polar surface area (TPSA) is 51.5 Å². The first-order valence-electron chi connectivity index (χ1n) is 7.49. The van der Waals surface area contributed by atoms with Crippen LogP contribution in [0.4, 0.5) is 4.39 Å². The molecular formula is C18H14Cl2FNO3. The van der Waals surface area contributed by atoms with Crippen LogP contribution in [-0.4, -0.2) is 15.6 Å². The number of aliphatic carboxylic acids is 1. The van der Waals surface area contributed by atoms with Gasteiger partial charge in [0.1, 0.15) is 11.6 Å². The van der Waals surface area contributed by atoms with Gasteiger partial charge < -0.3 is 14.4 Å². The molecule has 1 heterocycles. The molecule has 0 amide bonds. The summed E-state index contributed by atoms with van der Waals surface area (Å²) in [7, 11) is 0. The predicted molar refractivity (Wildman–Crippen MR) is 95.4 cm³/mol. The quantitative estimate of drug-likeness (QED) is 0.619. The van der Waals surface area contributed by atoms with Gasteiger partial charge in [-0.15, -0.1) is 0 Å². The maximum atomic E-state index is 14.0. The van der Waals surface area contributed by atoms with Crippen molar-refractivity contribution in [1.82, 2.24) is 4.57 Å². The normalized spacial score (nSPS) is 11.0. The Balaban J connectivity index is 2.10. The Morgan fingerprint density at radius 3 is 2.68 bits per heavy atom. The molecule has 4 nitrogen and oxygen atoms in total. The van der Waals surface area contributed by atoms with Crippen LogP contribution < -0.4 is 4.74 Å². The molecule has 0 saturated heterocycles. The fraction of sp³-hybridized carbons (Fsp3) is 0.167. The highest BCUT2D eigenvalue weighted by Crippen LogP contribution is 2.37. The van der Waals surface area contributed by atoms with E-state index in [9.17, 15) is 9.18 Å². The minimum atomic E-state index is -0.912. The van der Waals surface area contributed by atoms with Crippen molar-refractivity contribution in [3.05, 3.63) is 58.0 Å². The molecule has 0 aliphatic rings. The van der Waals surface area contributed by atoms with Crippen LogP contribution in [0, 0.1) is 12.7 Å². The second-order valence-corrected chi connectivity index (χ2v) is 6.47. The molecule has 0 aliphatic heterocycles. The summed E-state index contributed by atoms with van der Waals surface area (Å²) in [5.41, 5.74) is 1.44. The first-order valence-corrected chi connectivity index (χ1v) is 8.24. The lowest BCUT2D eigenvalue weighted by Crippen LogP contribution is -2.04. The molecule has 25 heavy (non-hydrogen) atoms. The number of benzene rings is 2. The van der Waals surface area contributed by atoms with E-state index in [-0.39, 0.29) is 18.7 Å². The molecule has 0 bridgehead atoms. The zero-order chi connectivity index (χ0) is 18.1. The number of hydrogen-bond acceptors (Lipinski definition) is 2. The van der Waals surface area contributed by atoms with Crippen molar-refractivity contribution in [3.63, 3.8) is 0 Å². The van der Waals surface area contributed by atoms with E-state index in [4.69, 9.17) is 33.0 Å². The number of ether oxygens (including phenoxy) is 1. The van der Waals surface area contributed by atoms with E-state index in [0.29, 0.717) is 26.7 Å². The number of fused-ring (bicyclic) bond motifs is 1. The summed E-state index contributed by atoms with van der Waals surface area (Å²) in [4.78, 5) is 10.9. The number of aryl methyl sites for hydroxylation is 2. The number of carbonyl (C=O) groups is 1. The Morgan fingerprint density at radius 2 is 2.00 bits per heavy atom. The van der Waals surface area contributed by atoms with Crippen LogP contribution in [0.2, 0.25) is 10.0 Å². The number of halogens is 3. The van der Waals surface area contributed by atoms with Gasteiger partial charge in [-0.1, -0.05) is 23.2 Å². The first-order chi connectivity index (χ1) is 11.8. The number of carboxylic acid groups (broad SMARTS) is 1. The number of aromatic nitrogens is 1. The maximum absolute atomic E-state index is 14.0. The molecule has 1 N–H and O–H groups in total. The van der Waals surface area contributed by atoms with Crippen molar-refractivity contribution < 1.29 is 19.0 Å². The van der Waals surface area contributed by atoms with Crippen LogP contribution in [0.1, 0.15) is 12.0 Å². The van der Waals surface area contributed by atoms with Crippen LogP contribution in [0.3, 0.4) is 0 Å². The smallest absolute Gasteiger partial charge is 0.305 e. The van der Waals surface area contributed by atoms with E-state index < -0.39 is 11.8 Å². The highest BCUT2D eigenvalue weighted by Gasteiger charge is 2.16. The molecule has 1 aromatic heterocycles. The predicted octanol–water partition coefficient (Wildman–Crippen LogP) is 5.66. The number of nitrogens with zero attached hydrogens (tertiary/aromatic N) is 1. The highest BCUT2D eigenvalue weighted by atomic mass is 35.5. The standard InChI is InChI=1S/C18H14Cl2FNO3/c1-10-9-22(5-4-17(23)24)18-13(10)7-12(21)8-16(18)25-15-3-2-11(19)6-14(15)20/h2-3,6-9H,4-5H2,1H3,(H,23,24). The SMILES string of the molecule is Cc1cn(CCC(=O)O)c2c(Oc3ccc(Cl)cc3Cl)cc(F)cc12. The van der Waals surface area contributed by atoms with E-state index in [1.807, 2.05) is 6.92 Å². The van der Waals surface area contributed by atoms with Gasteiger partial charge in [-0.25, -0.2) is 4.39 Å². The van der Waals surface area contributed by atoms with Crippen molar-refractivity contribution >= 4 is 40.1 Å². The fourth-order valence-electron chi connectivity index (χ4n) is 2.69. The third-order valence-electron chi connectivity index (χ3n) is 3.78. The average molecular weight is 382 g/mol. The molecule has 7 heteroatoms. The van der Waals surface area contributed by atoms with Gasteiger partial charge in [-0.3, -0.25) is 4.79 Å². The van der Waals surface area contributed by atoms with Gasteiger partial charge in [0.15, 0.2) is 5.75 Å². The van der Waals surface area contributed by atoms with Gasteiger partial charge in [-0.05, 0) is 36.8 Å².